The summed E-state index contributed by atoms with van der Waals surface area (Å²) in [5.41, 5.74) is 0. The van der Waals surface area contributed by atoms with Crippen molar-refractivity contribution < 1.29 is 21.6 Å². The van der Waals surface area contributed by atoms with Crippen molar-refractivity contribution in [1.82, 2.24) is 9.97 Å². The molecule has 0 saturated heterocycles. The smallest absolute Gasteiger partial charge is 0.361 e. The first-order valence-electron chi connectivity index (χ1n) is 4.02. The summed E-state index contributed by atoms with van der Waals surface area (Å²) in [4.78, 5) is 6.87. The summed E-state index contributed by atoms with van der Waals surface area (Å²) < 4.78 is 57.6. The fourth-order valence-electron chi connectivity index (χ4n) is 0.809. The molecule has 9 heteroatoms. The average molecular weight is 255 g/mol. The highest BCUT2D eigenvalue weighted by molar-refractivity contribution is 7.90. The van der Waals surface area contributed by atoms with Gasteiger partial charge < -0.3 is 5.32 Å². The van der Waals surface area contributed by atoms with Crippen LogP contribution in [0.1, 0.15) is 0 Å². The van der Waals surface area contributed by atoms with Gasteiger partial charge in [-0.15, -0.1) is 0 Å². The third kappa shape index (κ3) is 4.01. The molecule has 0 aromatic carbocycles. The predicted molar refractivity (Wildman–Crippen MR) is 49.7 cm³/mol. The van der Waals surface area contributed by atoms with Gasteiger partial charge in [-0.1, -0.05) is 0 Å². The molecular weight excluding hydrogens is 247 g/mol. The van der Waals surface area contributed by atoms with Gasteiger partial charge in [0.25, 0.3) is 0 Å². The molecule has 0 amide bonds. The maximum atomic E-state index is 11.9. The number of hydrogen-bond acceptors (Lipinski definition) is 5. The van der Waals surface area contributed by atoms with Gasteiger partial charge in [-0.2, -0.15) is 13.2 Å². The summed E-state index contributed by atoms with van der Waals surface area (Å²) in [6, 6.07) is 1.15. The topological polar surface area (TPSA) is 72.0 Å². The average Bonchev–Trinajstić information content (AvgIpc) is 2.13. The number of rotatable bonds is 3. The van der Waals surface area contributed by atoms with Gasteiger partial charge in [-0.05, 0) is 6.07 Å². The highest BCUT2D eigenvalue weighted by Crippen LogP contribution is 2.15. The molecule has 90 valence electrons. The van der Waals surface area contributed by atoms with Gasteiger partial charge in [0.15, 0.2) is 0 Å². The van der Waals surface area contributed by atoms with E-state index in [4.69, 9.17) is 0 Å². The molecule has 1 N–H and O–H groups in total. The molecule has 0 bridgehead atoms. The van der Waals surface area contributed by atoms with Crippen LogP contribution in [0.4, 0.5) is 19.0 Å². The number of nitrogens with one attached hydrogen (secondary N) is 1. The first-order chi connectivity index (χ1) is 7.18. The molecule has 1 aromatic rings. The van der Waals surface area contributed by atoms with Crippen LogP contribution in [0, 0.1) is 0 Å². The Morgan fingerprint density at radius 3 is 2.56 bits per heavy atom. The zero-order valence-electron chi connectivity index (χ0n) is 8.11. The van der Waals surface area contributed by atoms with Crippen molar-refractivity contribution in [1.29, 1.82) is 0 Å². The van der Waals surface area contributed by atoms with Gasteiger partial charge >= 0.3 is 6.18 Å². The van der Waals surface area contributed by atoms with Crippen LogP contribution in [-0.2, 0) is 9.84 Å². The number of nitrogens with zero attached hydrogens (tertiary/aromatic N) is 2. The Hall–Kier alpha value is -1.38. The Balaban J connectivity index is 2.84. The van der Waals surface area contributed by atoms with Gasteiger partial charge in [0, 0.05) is 12.5 Å². The molecule has 5 nitrogen and oxygen atoms in total. The Bertz CT molecular complexity index is 472. The van der Waals surface area contributed by atoms with E-state index >= 15 is 0 Å². The Morgan fingerprint density at radius 2 is 2.06 bits per heavy atom. The van der Waals surface area contributed by atoms with Crippen molar-refractivity contribution in [3.05, 3.63) is 12.3 Å². The second-order valence-electron chi connectivity index (χ2n) is 2.97. The molecule has 0 aliphatic rings. The van der Waals surface area contributed by atoms with E-state index in [-0.39, 0.29) is 5.82 Å². The maximum Gasteiger partial charge on any atom is 0.405 e. The Labute approximate surface area is 89.6 Å². The molecule has 0 fully saturated rings. The van der Waals surface area contributed by atoms with E-state index in [0.717, 1.165) is 18.5 Å². The van der Waals surface area contributed by atoms with Crippen molar-refractivity contribution in [2.24, 2.45) is 0 Å². The first-order valence-corrected chi connectivity index (χ1v) is 5.91. The van der Waals surface area contributed by atoms with E-state index in [1.807, 2.05) is 5.32 Å². The van der Waals surface area contributed by atoms with Crippen LogP contribution in [0.15, 0.2) is 17.4 Å². The summed E-state index contributed by atoms with van der Waals surface area (Å²) in [5.74, 6) is -0.187. The summed E-state index contributed by atoms with van der Waals surface area (Å²) in [6.45, 7) is -1.28. The molecule has 16 heavy (non-hydrogen) atoms. The van der Waals surface area contributed by atoms with Crippen LogP contribution in [0.2, 0.25) is 0 Å². The molecule has 0 unspecified atom stereocenters. The maximum absolute atomic E-state index is 11.9. The molecule has 1 aromatic heterocycles. The SMILES string of the molecule is CS(=O)(=O)c1nccc(NCC(F)(F)F)n1. The van der Waals surface area contributed by atoms with E-state index < -0.39 is 27.7 Å². The van der Waals surface area contributed by atoms with E-state index in [1.165, 1.54) is 0 Å². The monoisotopic (exact) mass is 255 g/mol. The van der Waals surface area contributed by atoms with Crippen LogP contribution in [0.25, 0.3) is 0 Å². The molecular formula is C7H8F3N3O2S. The number of halogens is 3. The molecule has 0 saturated carbocycles. The Kier molecular flexibility index (Phi) is 3.36. The zero-order chi connectivity index (χ0) is 12.4. The lowest BCUT2D eigenvalue weighted by Crippen LogP contribution is -2.22. The molecule has 0 aliphatic carbocycles. The number of aromatic nitrogens is 2. The largest absolute Gasteiger partial charge is 0.405 e. The van der Waals surface area contributed by atoms with Gasteiger partial charge in [0.05, 0.1) is 0 Å². The quantitative estimate of drug-likeness (QED) is 0.811. The Morgan fingerprint density at radius 1 is 1.44 bits per heavy atom. The van der Waals surface area contributed by atoms with Crippen LogP contribution >= 0.6 is 0 Å². The number of alkyl halides is 3. The highest BCUT2D eigenvalue weighted by atomic mass is 32.2. The fourth-order valence-corrected chi connectivity index (χ4v) is 1.33. The van der Waals surface area contributed by atoms with Crippen molar-refractivity contribution >= 4 is 15.7 Å². The van der Waals surface area contributed by atoms with Crippen molar-refractivity contribution in [2.45, 2.75) is 11.3 Å². The minimum atomic E-state index is -4.39. The van der Waals surface area contributed by atoms with Crippen LogP contribution < -0.4 is 5.32 Å². The fraction of sp³-hybridized carbons (Fsp3) is 0.429. The molecule has 0 radical (unpaired) electrons. The van der Waals surface area contributed by atoms with Crippen LogP contribution in [-0.4, -0.2) is 37.4 Å². The summed E-state index contributed by atoms with van der Waals surface area (Å²) in [6.07, 6.45) is -2.45. The molecule has 1 rings (SSSR count). The molecule has 0 aliphatic heterocycles. The van der Waals surface area contributed by atoms with Gasteiger partial charge in [0.1, 0.15) is 12.4 Å². The van der Waals surface area contributed by atoms with Crippen molar-refractivity contribution in [3.63, 3.8) is 0 Å². The molecule has 1 heterocycles. The van der Waals surface area contributed by atoms with E-state index in [1.54, 1.807) is 0 Å². The second kappa shape index (κ2) is 4.24. The first kappa shape index (κ1) is 12.7. The van der Waals surface area contributed by atoms with E-state index in [9.17, 15) is 21.6 Å². The summed E-state index contributed by atoms with van der Waals surface area (Å²) in [7, 11) is -3.62. The predicted octanol–water partition coefficient (Wildman–Crippen LogP) is 0.854. The summed E-state index contributed by atoms with van der Waals surface area (Å²) in [5, 5.41) is 1.44. The van der Waals surface area contributed by atoms with Gasteiger partial charge in [-0.3, -0.25) is 0 Å². The lowest BCUT2D eigenvalue weighted by Gasteiger charge is -2.08. The van der Waals surface area contributed by atoms with Crippen LogP contribution in [0.5, 0.6) is 0 Å². The van der Waals surface area contributed by atoms with Crippen molar-refractivity contribution in [2.75, 3.05) is 18.1 Å². The van der Waals surface area contributed by atoms with Crippen LogP contribution in [0.3, 0.4) is 0 Å². The normalized spacial score (nSPS) is 12.5. The van der Waals surface area contributed by atoms with Gasteiger partial charge in [-0.25, -0.2) is 18.4 Å². The molecule has 0 atom stereocenters. The molecule has 0 spiro atoms. The standard InChI is InChI=1S/C7H8F3N3O2S/c1-16(14,15)6-11-3-2-5(13-6)12-4-7(8,9)10/h2-3H,4H2,1H3,(H,11,12,13). The van der Waals surface area contributed by atoms with Crippen molar-refractivity contribution in [3.8, 4) is 0 Å². The van der Waals surface area contributed by atoms with E-state index in [0.29, 0.717) is 0 Å². The minimum absolute atomic E-state index is 0.187. The number of anilines is 1. The zero-order valence-corrected chi connectivity index (χ0v) is 8.93. The van der Waals surface area contributed by atoms with Gasteiger partial charge in [0.2, 0.25) is 15.0 Å². The number of hydrogen-bond donors (Lipinski definition) is 1. The third-order valence-electron chi connectivity index (χ3n) is 1.44. The summed E-state index contributed by atoms with van der Waals surface area (Å²) >= 11 is 0. The minimum Gasteiger partial charge on any atom is -0.361 e. The third-order valence-corrected chi connectivity index (χ3v) is 2.30. The number of sulfone groups is 1. The highest BCUT2D eigenvalue weighted by Gasteiger charge is 2.27. The lowest BCUT2D eigenvalue weighted by atomic mass is 10.5. The lowest BCUT2D eigenvalue weighted by molar-refractivity contribution is -0.115. The van der Waals surface area contributed by atoms with E-state index in [2.05, 4.69) is 9.97 Å². The second-order valence-corrected chi connectivity index (χ2v) is 4.87.